The molecule has 25 heavy (non-hydrogen) atoms. The van der Waals surface area contributed by atoms with Crippen molar-refractivity contribution >= 4 is 11.8 Å². The molecule has 3 heterocycles. The van der Waals surface area contributed by atoms with Crippen molar-refractivity contribution in [3.63, 3.8) is 0 Å². The number of likely N-dealkylation sites (tertiary alicyclic amines) is 2. The van der Waals surface area contributed by atoms with Crippen LogP contribution in [0.15, 0.2) is 24.5 Å². The van der Waals surface area contributed by atoms with Crippen molar-refractivity contribution in [2.24, 2.45) is 5.92 Å². The third kappa shape index (κ3) is 4.28. The van der Waals surface area contributed by atoms with Crippen molar-refractivity contribution in [3.05, 3.63) is 24.5 Å². The summed E-state index contributed by atoms with van der Waals surface area (Å²) < 4.78 is 5.52. The van der Waals surface area contributed by atoms with Gasteiger partial charge in [0, 0.05) is 44.8 Å². The second-order valence-corrected chi connectivity index (χ2v) is 6.66. The first-order chi connectivity index (χ1) is 12.2. The Morgan fingerprint density at radius 1 is 1.44 bits per heavy atom. The van der Waals surface area contributed by atoms with E-state index in [1.54, 1.807) is 24.5 Å². The van der Waals surface area contributed by atoms with Crippen LogP contribution in [0.25, 0.3) is 0 Å². The number of fused-ring (bicyclic) bond motifs is 1. The molecule has 0 spiro atoms. The van der Waals surface area contributed by atoms with Crippen LogP contribution in [0.4, 0.5) is 0 Å². The largest absolute Gasteiger partial charge is 0.482 e. The topological polar surface area (TPSA) is 74.8 Å². The summed E-state index contributed by atoms with van der Waals surface area (Å²) in [6, 6.07) is 3.83. The molecule has 0 aromatic carbocycles. The number of carbonyl (C=O) groups excluding carboxylic acids is 2. The van der Waals surface area contributed by atoms with Gasteiger partial charge >= 0.3 is 0 Å². The van der Waals surface area contributed by atoms with Gasteiger partial charge < -0.3 is 19.9 Å². The normalized spacial score (nSPS) is 23.3. The van der Waals surface area contributed by atoms with Gasteiger partial charge in [0.2, 0.25) is 5.91 Å². The van der Waals surface area contributed by atoms with Crippen LogP contribution in [0.5, 0.6) is 5.75 Å². The van der Waals surface area contributed by atoms with Gasteiger partial charge in [0.25, 0.3) is 5.91 Å². The van der Waals surface area contributed by atoms with Crippen LogP contribution in [0.3, 0.4) is 0 Å². The number of rotatable bonds is 6. The van der Waals surface area contributed by atoms with Crippen molar-refractivity contribution in [1.29, 1.82) is 0 Å². The Kier molecular flexibility index (Phi) is 5.86. The van der Waals surface area contributed by atoms with Crippen LogP contribution < -0.4 is 10.1 Å². The highest BCUT2D eigenvalue weighted by Gasteiger charge is 2.39. The molecule has 0 bridgehead atoms. The third-order valence-corrected chi connectivity index (χ3v) is 5.10. The number of piperidine rings is 2. The number of pyridine rings is 1. The van der Waals surface area contributed by atoms with E-state index in [4.69, 9.17) is 4.74 Å². The monoisotopic (exact) mass is 346 g/mol. The highest BCUT2D eigenvalue weighted by Crippen LogP contribution is 2.31. The molecule has 136 valence electrons. The number of nitrogens with one attached hydrogen (secondary N) is 1. The summed E-state index contributed by atoms with van der Waals surface area (Å²) in [4.78, 5) is 32.5. The van der Waals surface area contributed by atoms with Crippen LogP contribution in [-0.2, 0) is 9.59 Å². The summed E-state index contributed by atoms with van der Waals surface area (Å²) in [5.41, 5.74) is 0. The first-order valence-electron chi connectivity index (χ1n) is 8.93. The van der Waals surface area contributed by atoms with E-state index in [1.807, 2.05) is 16.8 Å². The number of amides is 2. The van der Waals surface area contributed by atoms with Crippen molar-refractivity contribution in [2.75, 3.05) is 39.8 Å². The number of aromatic nitrogens is 1. The molecule has 2 amide bonds. The smallest absolute Gasteiger partial charge is 0.260 e. The average molecular weight is 346 g/mol. The van der Waals surface area contributed by atoms with Crippen molar-refractivity contribution in [2.45, 2.75) is 25.3 Å². The van der Waals surface area contributed by atoms with Gasteiger partial charge in [0.1, 0.15) is 5.75 Å². The second kappa shape index (κ2) is 8.29. The standard InChI is InChI=1S/C18H26N4O3/c1-19-8-10-22-16-6-9-21(12-14(16)4-5-17(22)23)18(24)13-25-15-3-2-7-20-11-15/h2-3,7,11,14,16,19H,4-6,8-10,12-13H2,1H3/t14-,16+/m0/s1. The van der Waals surface area contributed by atoms with Gasteiger partial charge in [-0.25, -0.2) is 0 Å². The molecule has 2 fully saturated rings. The lowest BCUT2D eigenvalue weighted by Gasteiger charge is -2.47. The van der Waals surface area contributed by atoms with Crippen LogP contribution in [0, 0.1) is 5.92 Å². The molecule has 1 aromatic rings. The molecule has 1 aromatic heterocycles. The Labute approximate surface area is 148 Å². The minimum atomic E-state index is 0.000905. The van der Waals surface area contributed by atoms with E-state index in [1.165, 1.54) is 0 Å². The lowest BCUT2D eigenvalue weighted by molar-refractivity contribution is -0.144. The molecular formula is C18H26N4O3. The van der Waals surface area contributed by atoms with Crippen molar-refractivity contribution in [1.82, 2.24) is 20.1 Å². The number of hydrogen-bond acceptors (Lipinski definition) is 5. The maximum Gasteiger partial charge on any atom is 0.260 e. The molecule has 0 saturated carbocycles. The third-order valence-electron chi connectivity index (χ3n) is 5.10. The highest BCUT2D eigenvalue weighted by atomic mass is 16.5. The minimum absolute atomic E-state index is 0.000905. The lowest BCUT2D eigenvalue weighted by atomic mass is 9.83. The summed E-state index contributed by atoms with van der Waals surface area (Å²) in [6.45, 7) is 2.97. The first-order valence-corrected chi connectivity index (χ1v) is 8.93. The molecule has 2 aliphatic rings. The molecular weight excluding hydrogens is 320 g/mol. The van der Waals surface area contributed by atoms with Gasteiger partial charge in [-0.15, -0.1) is 0 Å². The van der Waals surface area contributed by atoms with Crippen LogP contribution in [-0.4, -0.2) is 72.5 Å². The zero-order valence-corrected chi connectivity index (χ0v) is 14.7. The summed E-state index contributed by atoms with van der Waals surface area (Å²) in [5.74, 6) is 1.22. The van der Waals surface area contributed by atoms with E-state index in [2.05, 4.69) is 10.3 Å². The second-order valence-electron chi connectivity index (χ2n) is 6.66. The number of nitrogens with zero attached hydrogens (tertiary/aromatic N) is 3. The fourth-order valence-corrected chi connectivity index (χ4v) is 3.77. The Hall–Kier alpha value is -2.15. The Balaban J connectivity index is 1.53. The first kappa shape index (κ1) is 17.7. The highest BCUT2D eigenvalue weighted by molar-refractivity contribution is 5.79. The Bertz CT molecular complexity index is 595. The van der Waals surface area contributed by atoms with E-state index < -0.39 is 0 Å². The summed E-state index contributed by atoms with van der Waals surface area (Å²) in [5, 5.41) is 3.11. The number of ether oxygens (including phenoxy) is 1. The van der Waals surface area contributed by atoms with E-state index in [0.717, 1.165) is 25.9 Å². The molecule has 7 heteroatoms. The number of hydrogen-bond donors (Lipinski definition) is 1. The van der Waals surface area contributed by atoms with E-state index in [-0.39, 0.29) is 24.5 Å². The van der Waals surface area contributed by atoms with Crippen molar-refractivity contribution < 1.29 is 14.3 Å². The summed E-state index contributed by atoms with van der Waals surface area (Å²) in [7, 11) is 1.90. The van der Waals surface area contributed by atoms with Crippen LogP contribution in [0.2, 0.25) is 0 Å². The molecule has 0 unspecified atom stereocenters. The minimum Gasteiger partial charge on any atom is -0.482 e. The molecule has 0 aliphatic carbocycles. The number of carbonyl (C=O) groups is 2. The van der Waals surface area contributed by atoms with E-state index >= 15 is 0 Å². The van der Waals surface area contributed by atoms with Gasteiger partial charge in [0.15, 0.2) is 6.61 Å². The zero-order valence-electron chi connectivity index (χ0n) is 14.7. The van der Waals surface area contributed by atoms with Gasteiger partial charge in [-0.2, -0.15) is 0 Å². The number of likely N-dealkylation sites (N-methyl/N-ethyl adjacent to an activating group) is 1. The SMILES string of the molecule is CNCCN1C(=O)CC[C@H]2CN(C(=O)COc3cccnc3)CC[C@H]21. The molecule has 1 N–H and O–H groups in total. The predicted octanol–water partition coefficient (Wildman–Crippen LogP) is 0.519. The Morgan fingerprint density at radius 3 is 3.08 bits per heavy atom. The molecule has 0 radical (unpaired) electrons. The van der Waals surface area contributed by atoms with E-state index in [0.29, 0.717) is 31.2 Å². The van der Waals surface area contributed by atoms with Gasteiger partial charge in [0.05, 0.1) is 6.20 Å². The quantitative estimate of drug-likeness (QED) is 0.813. The fourth-order valence-electron chi connectivity index (χ4n) is 3.77. The average Bonchev–Trinajstić information content (AvgIpc) is 2.66. The molecule has 2 atom stereocenters. The summed E-state index contributed by atoms with van der Waals surface area (Å²) >= 11 is 0. The maximum absolute atomic E-state index is 12.5. The van der Waals surface area contributed by atoms with Gasteiger partial charge in [-0.05, 0) is 37.9 Å². The Morgan fingerprint density at radius 2 is 2.32 bits per heavy atom. The van der Waals surface area contributed by atoms with E-state index in [9.17, 15) is 9.59 Å². The van der Waals surface area contributed by atoms with Crippen molar-refractivity contribution in [3.8, 4) is 5.75 Å². The fraction of sp³-hybridized carbons (Fsp3) is 0.611. The predicted molar refractivity (Wildman–Crippen MR) is 93.1 cm³/mol. The van der Waals surface area contributed by atoms with Crippen LogP contribution >= 0.6 is 0 Å². The summed E-state index contributed by atoms with van der Waals surface area (Å²) in [6.07, 6.45) is 5.57. The molecule has 7 nitrogen and oxygen atoms in total. The zero-order chi connectivity index (χ0) is 17.6. The molecule has 2 aliphatic heterocycles. The van der Waals surface area contributed by atoms with Gasteiger partial charge in [-0.1, -0.05) is 0 Å². The van der Waals surface area contributed by atoms with Gasteiger partial charge in [-0.3, -0.25) is 14.6 Å². The molecule has 3 rings (SSSR count). The molecule has 2 saturated heterocycles. The maximum atomic E-state index is 12.5. The lowest BCUT2D eigenvalue weighted by Crippen LogP contribution is -2.58. The van der Waals surface area contributed by atoms with Crippen LogP contribution in [0.1, 0.15) is 19.3 Å².